The second kappa shape index (κ2) is 14.2. The average Bonchev–Trinajstić information content (AvgIpc) is 3.00. The number of thioether (sulfide) groups is 1. The zero-order valence-electron chi connectivity index (χ0n) is 22.4. The van der Waals surface area contributed by atoms with E-state index in [4.69, 9.17) is 55.9 Å². The molecule has 4 aromatic carbocycles. The number of amides is 2. The van der Waals surface area contributed by atoms with Gasteiger partial charge in [0.2, 0.25) is 5.91 Å². The van der Waals surface area contributed by atoms with Gasteiger partial charge in [-0.25, -0.2) is 4.79 Å². The summed E-state index contributed by atoms with van der Waals surface area (Å²) in [5.74, 6) is -1.70. The quantitative estimate of drug-likeness (QED) is 0.0872. The van der Waals surface area contributed by atoms with Crippen molar-refractivity contribution in [3.05, 3.63) is 110 Å². The summed E-state index contributed by atoms with van der Waals surface area (Å²) in [5.41, 5.74) is 0.464. The summed E-state index contributed by atoms with van der Waals surface area (Å²) in [7, 11) is 3.03. The van der Waals surface area contributed by atoms with E-state index in [0.717, 1.165) is 5.56 Å². The van der Waals surface area contributed by atoms with Crippen molar-refractivity contribution in [1.82, 2.24) is 0 Å². The molecule has 0 saturated heterocycles. The van der Waals surface area contributed by atoms with Crippen LogP contribution < -0.4 is 20.1 Å². The van der Waals surface area contributed by atoms with Crippen LogP contribution >= 0.6 is 58.2 Å². The van der Waals surface area contributed by atoms with E-state index in [1.54, 1.807) is 42.5 Å². The van der Waals surface area contributed by atoms with Crippen LogP contribution in [0.2, 0.25) is 20.1 Å². The predicted molar refractivity (Wildman–Crippen MR) is 171 cm³/mol. The average molecular weight is 680 g/mol. The van der Waals surface area contributed by atoms with E-state index in [0.29, 0.717) is 27.8 Å². The first-order valence-electron chi connectivity index (χ1n) is 12.3. The number of methoxy groups -OCH3 is 2. The molecule has 1 unspecified atom stereocenters. The number of carboxylic acids is 1. The Kier molecular flexibility index (Phi) is 10.7. The minimum Gasteiger partial charge on any atom is -0.497 e. The van der Waals surface area contributed by atoms with Gasteiger partial charge in [0.05, 0.1) is 51.1 Å². The van der Waals surface area contributed by atoms with Crippen molar-refractivity contribution >= 4 is 87.3 Å². The molecule has 0 heterocycles. The van der Waals surface area contributed by atoms with Gasteiger partial charge in [-0.1, -0.05) is 82.8 Å². The maximum atomic E-state index is 13.6. The van der Waals surface area contributed by atoms with Gasteiger partial charge >= 0.3 is 5.97 Å². The lowest BCUT2D eigenvalue weighted by Crippen LogP contribution is -2.19. The summed E-state index contributed by atoms with van der Waals surface area (Å²) in [5, 5.41) is 13.2. The molecular formula is C30H22Cl4N2O6S. The molecule has 2 amide bonds. The van der Waals surface area contributed by atoms with E-state index in [2.05, 4.69) is 10.6 Å². The highest BCUT2D eigenvalue weighted by Crippen LogP contribution is 2.42. The molecule has 13 heteroatoms. The highest BCUT2D eigenvalue weighted by molar-refractivity contribution is 8.00. The Bertz CT molecular complexity index is 1700. The molecule has 0 saturated carbocycles. The first-order valence-corrected chi connectivity index (χ1v) is 14.7. The van der Waals surface area contributed by atoms with Crippen LogP contribution in [0.15, 0.2) is 77.7 Å². The second-order valence-corrected chi connectivity index (χ2v) is 11.4. The SMILES string of the molecule is COc1ccc(NC(=O)C(Sc2cccc(NC(=O)c3c(Cl)c(Cl)c(Cl)c(Cl)c3C(=O)O)c2)c2ccccc2)c(OC)c1. The fourth-order valence-corrected chi connectivity index (χ4v) is 6.13. The molecular weight excluding hydrogens is 658 g/mol. The largest absolute Gasteiger partial charge is 0.497 e. The third-order valence-corrected chi connectivity index (χ3v) is 9.11. The Morgan fingerprint density at radius 1 is 0.767 bits per heavy atom. The lowest BCUT2D eigenvalue weighted by atomic mass is 10.1. The zero-order valence-corrected chi connectivity index (χ0v) is 26.3. The smallest absolute Gasteiger partial charge is 0.338 e. The Morgan fingerprint density at radius 2 is 1.44 bits per heavy atom. The normalized spacial score (nSPS) is 11.4. The number of anilines is 2. The highest BCUT2D eigenvalue weighted by atomic mass is 35.5. The van der Waals surface area contributed by atoms with Crippen LogP contribution in [-0.4, -0.2) is 37.1 Å². The minimum absolute atomic E-state index is 0.252. The molecule has 222 valence electrons. The number of halogens is 4. The summed E-state index contributed by atoms with van der Waals surface area (Å²) >= 11 is 25.7. The van der Waals surface area contributed by atoms with Crippen LogP contribution in [0.4, 0.5) is 11.4 Å². The molecule has 1 atom stereocenters. The molecule has 0 aromatic heterocycles. The van der Waals surface area contributed by atoms with Crippen LogP contribution in [0, 0.1) is 0 Å². The maximum Gasteiger partial charge on any atom is 0.338 e. The highest BCUT2D eigenvalue weighted by Gasteiger charge is 2.29. The number of aromatic carboxylic acids is 1. The topological polar surface area (TPSA) is 114 Å². The Balaban J connectivity index is 1.63. The maximum absolute atomic E-state index is 13.6. The lowest BCUT2D eigenvalue weighted by Gasteiger charge is -2.19. The summed E-state index contributed by atoms with van der Waals surface area (Å²) in [6.45, 7) is 0. The number of hydrogen-bond acceptors (Lipinski definition) is 6. The fourth-order valence-electron chi connectivity index (χ4n) is 4.02. The van der Waals surface area contributed by atoms with Crippen molar-refractivity contribution in [3.8, 4) is 11.5 Å². The molecule has 0 bridgehead atoms. The van der Waals surface area contributed by atoms with E-state index < -0.39 is 33.3 Å². The van der Waals surface area contributed by atoms with Crippen molar-refractivity contribution in [1.29, 1.82) is 0 Å². The van der Waals surface area contributed by atoms with Crippen molar-refractivity contribution in [3.63, 3.8) is 0 Å². The zero-order chi connectivity index (χ0) is 31.3. The van der Waals surface area contributed by atoms with Gasteiger partial charge in [0.25, 0.3) is 5.91 Å². The first-order chi connectivity index (χ1) is 20.5. The molecule has 0 aliphatic carbocycles. The number of carboxylic acid groups (broad SMARTS) is 1. The summed E-state index contributed by atoms with van der Waals surface area (Å²) in [6.07, 6.45) is 0. The Morgan fingerprint density at radius 3 is 2.07 bits per heavy atom. The molecule has 4 aromatic rings. The number of ether oxygens (including phenoxy) is 2. The summed E-state index contributed by atoms with van der Waals surface area (Å²) < 4.78 is 10.7. The van der Waals surface area contributed by atoms with E-state index in [9.17, 15) is 19.5 Å². The summed E-state index contributed by atoms with van der Waals surface area (Å²) in [4.78, 5) is 39.4. The van der Waals surface area contributed by atoms with Gasteiger partial charge in [-0.3, -0.25) is 9.59 Å². The molecule has 0 aliphatic rings. The van der Waals surface area contributed by atoms with Gasteiger partial charge in [-0.2, -0.15) is 0 Å². The van der Waals surface area contributed by atoms with Crippen LogP contribution in [0.25, 0.3) is 0 Å². The first kappa shape index (κ1) is 32.3. The molecule has 43 heavy (non-hydrogen) atoms. The van der Waals surface area contributed by atoms with Crippen LogP contribution in [0.3, 0.4) is 0 Å². The monoisotopic (exact) mass is 678 g/mol. The molecule has 3 N–H and O–H groups in total. The van der Waals surface area contributed by atoms with E-state index in [-0.39, 0.29) is 21.0 Å². The Hall–Kier alpha value is -3.60. The fraction of sp³-hybridized carbons (Fsp3) is 0.100. The van der Waals surface area contributed by atoms with Crippen LogP contribution in [0.5, 0.6) is 11.5 Å². The molecule has 0 radical (unpaired) electrons. The third-order valence-electron chi connectivity index (χ3n) is 6.06. The van der Waals surface area contributed by atoms with Gasteiger partial charge in [-0.05, 0) is 35.9 Å². The lowest BCUT2D eigenvalue weighted by molar-refractivity contribution is -0.115. The van der Waals surface area contributed by atoms with Crippen molar-refractivity contribution in [2.45, 2.75) is 10.1 Å². The van der Waals surface area contributed by atoms with Gasteiger partial charge in [0.15, 0.2) is 0 Å². The van der Waals surface area contributed by atoms with Gasteiger partial charge < -0.3 is 25.2 Å². The van der Waals surface area contributed by atoms with Crippen molar-refractivity contribution < 1.29 is 29.0 Å². The van der Waals surface area contributed by atoms with E-state index >= 15 is 0 Å². The molecule has 8 nitrogen and oxygen atoms in total. The molecule has 4 rings (SSSR count). The van der Waals surface area contributed by atoms with Crippen LogP contribution in [0.1, 0.15) is 31.5 Å². The van der Waals surface area contributed by atoms with Crippen LogP contribution in [-0.2, 0) is 4.79 Å². The number of rotatable bonds is 10. The van der Waals surface area contributed by atoms with Gasteiger partial charge in [-0.15, -0.1) is 11.8 Å². The summed E-state index contributed by atoms with van der Waals surface area (Å²) in [6, 6.07) is 20.9. The second-order valence-electron chi connectivity index (χ2n) is 8.76. The number of nitrogens with one attached hydrogen (secondary N) is 2. The van der Waals surface area contributed by atoms with E-state index in [1.807, 2.05) is 30.3 Å². The molecule has 0 aliphatic heterocycles. The number of carbonyl (C=O) groups is 3. The molecule has 0 fully saturated rings. The van der Waals surface area contributed by atoms with Crippen molar-refractivity contribution in [2.24, 2.45) is 0 Å². The number of hydrogen-bond donors (Lipinski definition) is 3. The van der Waals surface area contributed by atoms with Crippen molar-refractivity contribution in [2.75, 3.05) is 24.9 Å². The molecule has 0 spiro atoms. The van der Waals surface area contributed by atoms with E-state index in [1.165, 1.54) is 26.0 Å². The predicted octanol–water partition coefficient (Wildman–Crippen LogP) is 8.74. The number of carbonyl (C=O) groups excluding carboxylic acids is 2. The van der Waals surface area contributed by atoms with Gasteiger partial charge in [0, 0.05) is 16.6 Å². The minimum atomic E-state index is -1.51. The van der Waals surface area contributed by atoms with Gasteiger partial charge in [0.1, 0.15) is 16.7 Å². The standard InChI is InChI=1S/C30H22Cl4N2O6S/c1-41-17-11-12-19(20(14-17)42-2)36-29(38)27(15-7-4-3-5-8-15)43-18-10-6-9-16(13-18)35-28(37)21-22(30(39)40)24(32)26(34)25(33)23(21)31/h3-14,27H,1-2H3,(H,35,37)(H,36,38)(H,39,40). The Labute approximate surface area is 271 Å². The third kappa shape index (κ3) is 7.31. The number of benzene rings is 4.